The van der Waals surface area contributed by atoms with E-state index in [0.717, 1.165) is 0 Å². The van der Waals surface area contributed by atoms with Crippen molar-refractivity contribution in [3.63, 3.8) is 0 Å². The SMILES string of the molecule is CCOC(=O)C1=C(OCc2cccc(CCN(C(=O)OC(C)(C)C)S(=O)(=O)c3ccc(Cl)cc3)c2)C(=O)C(Cc2cccc(CCN(C(=O)OC(C)(C)C)S(=O)(=O)c3ccc(Cl)cc3)c2)(C2OC(C)O2)C1. The summed E-state index contributed by atoms with van der Waals surface area (Å²) >= 11 is 12.0. The first-order valence-corrected chi connectivity index (χ1v) is 26.4. The van der Waals surface area contributed by atoms with Crippen LogP contribution >= 0.6 is 23.2 Å². The molecule has 1 saturated heterocycles. The highest BCUT2D eigenvalue weighted by Gasteiger charge is 2.59. The molecule has 1 unspecified atom stereocenters. The molecule has 1 heterocycles. The monoisotopic (exact) mass is 1060 g/mol. The summed E-state index contributed by atoms with van der Waals surface area (Å²) in [7, 11) is -8.76. The second kappa shape index (κ2) is 22.1. The number of hydrogen-bond acceptors (Lipinski definition) is 14. The molecule has 0 aromatic heterocycles. The van der Waals surface area contributed by atoms with Gasteiger partial charge < -0.3 is 28.4 Å². The molecule has 0 radical (unpaired) electrons. The Labute approximate surface area is 425 Å². The second-order valence-electron chi connectivity index (χ2n) is 19.0. The molecule has 1 atom stereocenters. The standard InChI is InChI=1S/C51H58Cl2N2O14S2/c1-9-64-45(57)42-31-51(46-66-33(2)67-46,30-36-14-10-12-34(28-36)24-26-54(47(58)68-49(3,4)5)70(60,61)40-20-16-38(52)17-21-40)44(56)43(42)65-32-37-15-11-13-35(29-37)25-27-55(48(59)69-50(6,7)8)71(62,63)41-22-18-39(53)19-23-41/h10-23,28-29,33,46H,9,24-27,30-32H2,1-8H3. The summed E-state index contributed by atoms with van der Waals surface area (Å²) in [5.74, 6) is -1.56. The molecule has 0 spiro atoms. The van der Waals surface area contributed by atoms with Crippen molar-refractivity contribution in [2.24, 2.45) is 5.41 Å². The predicted molar refractivity (Wildman–Crippen MR) is 263 cm³/mol. The number of allylic oxidation sites excluding steroid dienone is 1. The number of hydrogen-bond donors (Lipinski definition) is 0. The number of rotatable bonds is 18. The highest BCUT2D eigenvalue weighted by molar-refractivity contribution is 7.90. The molecule has 71 heavy (non-hydrogen) atoms. The van der Waals surface area contributed by atoms with Gasteiger partial charge in [-0.25, -0.2) is 39.8 Å². The Morgan fingerprint density at radius 2 is 1.13 bits per heavy atom. The Morgan fingerprint density at radius 3 is 1.56 bits per heavy atom. The van der Waals surface area contributed by atoms with Gasteiger partial charge in [0.2, 0.25) is 5.78 Å². The van der Waals surface area contributed by atoms with Gasteiger partial charge in [-0.15, -0.1) is 0 Å². The van der Waals surface area contributed by atoms with Crippen LogP contribution in [0, 0.1) is 5.41 Å². The first-order chi connectivity index (χ1) is 33.2. The molecule has 0 saturated carbocycles. The third-order valence-corrected chi connectivity index (χ3v) is 15.2. The summed E-state index contributed by atoms with van der Waals surface area (Å²) < 4.78 is 91.3. The number of carbonyl (C=O) groups excluding carboxylic acids is 4. The van der Waals surface area contributed by atoms with E-state index in [1.807, 2.05) is 0 Å². The van der Waals surface area contributed by atoms with Crippen LogP contribution in [0.25, 0.3) is 0 Å². The summed E-state index contributed by atoms with van der Waals surface area (Å²) in [6.07, 6.45) is -3.90. The summed E-state index contributed by atoms with van der Waals surface area (Å²) in [5, 5.41) is 0.633. The number of amides is 2. The fourth-order valence-electron chi connectivity index (χ4n) is 7.87. The van der Waals surface area contributed by atoms with Crippen molar-refractivity contribution in [2.75, 3.05) is 19.7 Å². The lowest BCUT2D eigenvalue weighted by Crippen LogP contribution is -2.54. The number of nitrogens with zero attached hydrogens (tertiary/aromatic N) is 2. The number of ether oxygens (including phenoxy) is 6. The van der Waals surface area contributed by atoms with E-state index in [9.17, 15) is 36.0 Å². The fraction of sp³-hybridized carbons (Fsp3) is 0.412. The highest BCUT2D eigenvalue weighted by Crippen LogP contribution is 2.49. The van der Waals surface area contributed by atoms with E-state index in [0.29, 0.717) is 40.9 Å². The van der Waals surface area contributed by atoms with E-state index in [2.05, 4.69) is 0 Å². The molecule has 0 N–H and O–H groups in total. The zero-order chi connectivity index (χ0) is 52.1. The second-order valence-corrected chi connectivity index (χ2v) is 23.6. The molecular weight excluding hydrogens is 1000 g/mol. The van der Waals surface area contributed by atoms with Crippen LogP contribution < -0.4 is 0 Å². The Bertz CT molecular complexity index is 2870. The lowest BCUT2D eigenvalue weighted by molar-refractivity contribution is -0.403. The number of esters is 1. The zero-order valence-corrected chi connectivity index (χ0v) is 43.9. The van der Waals surface area contributed by atoms with Crippen molar-refractivity contribution in [1.82, 2.24) is 8.61 Å². The van der Waals surface area contributed by atoms with Gasteiger partial charge >= 0.3 is 18.2 Å². The number of benzene rings is 4. The van der Waals surface area contributed by atoms with E-state index in [4.69, 9.17) is 51.6 Å². The van der Waals surface area contributed by atoms with Crippen LogP contribution in [-0.2, 0) is 83.9 Å². The van der Waals surface area contributed by atoms with Crippen LogP contribution in [0.2, 0.25) is 10.0 Å². The summed E-state index contributed by atoms with van der Waals surface area (Å²) in [6.45, 7) is 12.3. The lowest BCUT2D eigenvalue weighted by Gasteiger charge is -2.44. The van der Waals surface area contributed by atoms with Gasteiger partial charge in [-0.3, -0.25) is 4.79 Å². The van der Waals surface area contributed by atoms with Crippen molar-refractivity contribution < 1.29 is 64.4 Å². The molecule has 6 rings (SSSR count). The number of Topliss-reactive ketones (excluding diaryl/α,β-unsaturated/α-hetero) is 1. The normalized spacial score (nSPS) is 18.4. The Morgan fingerprint density at radius 1 is 0.690 bits per heavy atom. The van der Waals surface area contributed by atoms with Gasteiger partial charge in [0.1, 0.15) is 17.8 Å². The smallest absolute Gasteiger partial charge is 0.424 e. The van der Waals surface area contributed by atoms with Gasteiger partial charge in [0.05, 0.1) is 27.4 Å². The number of ketones is 1. The van der Waals surface area contributed by atoms with Crippen LogP contribution in [0.5, 0.6) is 0 Å². The van der Waals surface area contributed by atoms with Gasteiger partial charge in [0.15, 0.2) is 18.3 Å². The van der Waals surface area contributed by atoms with Crippen LogP contribution in [0.4, 0.5) is 9.59 Å². The third kappa shape index (κ3) is 13.5. The number of sulfonamides is 2. The largest absolute Gasteiger partial charge is 0.485 e. The van der Waals surface area contributed by atoms with E-state index in [-0.39, 0.29) is 73.1 Å². The molecule has 16 nitrogen and oxygen atoms in total. The number of carbonyl (C=O) groups is 4. The minimum atomic E-state index is -4.39. The maximum Gasteiger partial charge on any atom is 0.424 e. The average Bonchev–Trinajstić information content (AvgIpc) is 3.54. The van der Waals surface area contributed by atoms with Crippen LogP contribution in [-0.4, -0.2) is 92.9 Å². The summed E-state index contributed by atoms with van der Waals surface area (Å²) in [4.78, 5) is 55.1. The molecule has 4 aromatic carbocycles. The van der Waals surface area contributed by atoms with E-state index >= 15 is 0 Å². The van der Waals surface area contributed by atoms with Gasteiger partial charge in [-0.1, -0.05) is 71.7 Å². The molecule has 4 aromatic rings. The van der Waals surface area contributed by atoms with Gasteiger partial charge in [-0.2, -0.15) is 0 Å². The first kappa shape index (κ1) is 54.8. The molecule has 20 heteroatoms. The molecule has 1 aliphatic heterocycles. The Kier molecular flexibility index (Phi) is 17.1. The van der Waals surface area contributed by atoms with Crippen molar-refractivity contribution in [3.05, 3.63) is 141 Å². The van der Waals surface area contributed by atoms with E-state index < -0.39 is 73.2 Å². The van der Waals surface area contributed by atoms with Gasteiger partial charge in [0.25, 0.3) is 20.0 Å². The third-order valence-electron chi connectivity index (χ3n) is 11.1. The van der Waals surface area contributed by atoms with E-state index in [1.54, 1.807) is 104 Å². The average molecular weight is 1060 g/mol. The minimum Gasteiger partial charge on any atom is -0.485 e. The quantitative estimate of drug-likeness (QED) is 0.0674. The Hall–Kier alpha value is -5.50. The molecular formula is C51H58Cl2N2O14S2. The van der Waals surface area contributed by atoms with Gasteiger partial charge in [0, 0.05) is 29.6 Å². The topological polar surface area (TPSA) is 198 Å². The molecule has 1 aliphatic carbocycles. The van der Waals surface area contributed by atoms with Crippen LogP contribution in [0.3, 0.4) is 0 Å². The van der Waals surface area contributed by atoms with Crippen molar-refractivity contribution in [3.8, 4) is 0 Å². The maximum atomic E-state index is 14.9. The van der Waals surface area contributed by atoms with Crippen LogP contribution in [0.15, 0.2) is 118 Å². The fourth-order valence-corrected chi connectivity index (χ4v) is 10.7. The molecule has 2 aliphatic rings. The first-order valence-electron chi connectivity index (χ1n) is 22.8. The molecule has 1 fully saturated rings. The van der Waals surface area contributed by atoms with Crippen molar-refractivity contribution >= 4 is 67.2 Å². The predicted octanol–water partition coefficient (Wildman–Crippen LogP) is 9.59. The van der Waals surface area contributed by atoms with Crippen molar-refractivity contribution in [1.29, 1.82) is 0 Å². The maximum absolute atomic E-state index is 14.9. The lowest BCUT2D eigenvalue weighted by atomic mass is 9.76. The van der Waals surface area contributed by atoms with E-state index in [1.165, 1.54) is 48.5 Å². The number of halogens is 2. The van der Waals surface area contributed by atoms with Crippen molar-refractivity contribution in [2.45, 2.75) is 121 Å². The molecule has 0 bridgehead atoms. The van der Waals surface area contributed by atoms with Gasteiger partial charge in [-0.05, 0) is 145 Å². The zero-order valence-electron chi connectivity index (χ0n) is 40.7. The molecule has 2 amide bonds. The minimum absolute atomic E-state index is 0.00571. The highest BCUT2D eigenvalue weighted by atomic mass is 35.5. The molecule has 382 valence electrons. The summed E-state index contributed by atoms with van der Waals surface area (Å²) in [5.41, 5.74) is -1.10. The summed E-state index contributed by atoms with van der Waals surface area (Å²) in [6, 6.07) is 24.8. The van der Waals surface area contributed by atoms with Crippen LogP contribution in [0.1, 0.15) is 84.1 Å². The Balaban J connectivity index is 1.23.